The second kappa shape index (κ2) is 7.05. The minimum absolute atomic E-state index is 0.707. The molecule has 0 bridgehead atoms. The van der Waals surface area contributed by atoms with Crippen molar-refractivity contribution in [2.24, 2.45) is 0 Å². The van der Waals surface area contributed by atoms with Crippen molar-refractivity contribution in [3.63, 3.8) is 0 Å². The fraction of sp³-hybridized carbons (Fsp3) is 0.400. The van der Waals surface area contributed by atoms with Crippen molar-refractivity contribution in [2.75, 3.05) is 20.6 Å². The Kier molecular flexibility index (Phi) is 5.60. The van der Waals surface area contributed by atoms with Crippen LogP contribution in [-0.2, 0) is 6.54 Å². The predicted octanol–water partition coefficient (Wildman–Crippen LogP) is 3.36. The maximum atomic E-state index is 10.8. The van der Waals surface area contributed by atoms with Crippen molar-refractivity contribution in [2.45, 2.75) is 19.6 Å². The lowest BCUT2D eigenvalue weighted by atomic mass is 10.0. The van der Waals surface area contributed by atoms with E-state index in [4.69, 9.17) is 0 Å². The molecule has 0 aliphatic rings. The molecule has 1 unspecified atom stereocenters. The van der Waals surface area contributed by atoms with Crippen LogP contribution >= 0.6 is 31.9 Å². The minimum atomic E-state index is -0.707. The van der Waals surface area contributed by atoms with Gasteiger partial charge in [0.25, 0.3) is 0 Å². The Morgan fingerprint density at radius 3 is 2.71 bits per heavy atom. The van der Waals surface area contributed by atoms with E-state index in [1.807, 2.05) is 43.9 Å². The number of likely N-dealkylation sites (N-methyl/N-ethyl adjacent to an activating group) is 1. The number of nitrogens with zero attached hydrogens (tertiary/aromatic N) is 3. The predicted molar refractivity (Wildman–Crippen MR) is 91.4 cm³/mol. The highest BCUT2D eigenvalue weighted by atomic mass is 79.9. The molecule has 6 heteroatoms. The van der Waals surface area contributed by atoms with Crippen molar-refractivity contribution >= 4 is 31.9 Å². The van der Waals surface area contributed by atoms with Crippen LogP contribution in [0.2, 0.25) is 0 Å². The van der Waals surface area contributed by atoms with Crippen molar-refractivity contribution in [3.05, 3.63) is 50.2 Å². The normalized spacial score (nSPS) is 12.9. The number of hydrogen-bond donors (Lipinski definition) is 1. The molecule has 0 amide bonds. The molecule has 1 atom stereocenters. The topological polar surface area (TPSA) is 41.3 Å². The van der Waals surface area contributed by atoms with Crippen LogP contribution in [0.25, 0.3) is 0 Å². The van der Waals surface area contributed by atoms with Gasteiger partial charge in [-0.2, -0.15) is 5.10 Å². The van der Waals surface area contributed by atoms with Gasteiger partial charge < -0.3 is 10.0 Å². The molecule has 2 aromatic rings. The van der Waals surface area contributed by atoms with Gasteiger partial charge in [0.1, 0.15) is 6.10 Å². The third-order valence-corrected chi connectivity index (χ3v) is 4.49. The summed E-state index contributed by atoms with van der Waals surface area (Å²) in [5.41, 5.74) is 2.73. The molecule has 0 aliphatic carbocycles. The van der Waals surface area contributed by atoms with Gasteiger partial charge >= 0.3 is 0 Å². The zero-order valence-corrected chi connectivity index (χ0v) is 15.5. The summed E-state index contributed by atoms with van der Waals surface area (Å²) in [6, 6.07) is 5.93. The van der Waals surface area contributed by atoms with E-state index < -0.39 is 6.10 Å². The molecule has 114 valence electrons. The molecule has 1 aromatic heterocycles. The van der Waals surface area contributed by atoms with E-state index in [1.165, 1.54) is 0 Å². The second-order valence-corrected chi connectivity index (χ2v) is 7.08. The standard InChI is InChI=1S/C15H19Br2N3O/c1-10-4-5-11(16)8-12(10)15(21)14-13(17)9-18-20(14)7-6-19(2)3/h4-5,8-9,15,21H,6-7H2,1-3H3. The van der Waals surface area contributed by atoms with Gasteiger partial charge in [-0.25, -0.2) is 0 Å². The zero-order valence-electron chi connectivity index (χ0n) is 12.3. The molecule has 0 radical (unpaired) electrons. The number of aryl methyl sites for hydroxylation is 1. The van der Waals surface area contributed by atoms with Gasteiger partial charge in [0.15, 0.2) is 0 Å². The Morgan fingerprint density at radius 1 is 1.33 bits per heavy atom. The zero-order chi connectivity index (χ0) is 15.6. The minimum Gasteiger partial charge on any atom is -0.382 e. The number of hydrogen-bond acceptors (Lipinski definition) is 3. The van der Waals surface area contributed by atoms with E-state index in [-0.39, 0.29) is 0 Å². The lowest BCUT2D eigenvalue weighted by Crippen LogP contribution is -2.21. The number of halogens is 2. The average Bonchev–Trinajstić information content (AvgIpc) is 2.79. The molecule has 21 heavy (non-hydrogen) atoms. The average molecular weight is 417 g/mol. The number of rotatable bonds is 5. The Morgan fingerprint density at radius 2 is 2.05 bits per heavy atom. The van der Waals surface area contributed by atoms with Crippen molar-refractivity contribution in [1.29, 1.82) is 0 Å². The van der Waals surface area contributed by atoms with Crippen LogP contribution in [0.1, 0.15) is 22.9 Å². The van der Waals surface area contributed by atoms with Crippen molar-refractivity contribution in [1.82, 2.24) is 14.7 Å². The summed E-state index contributed by atoms with van der Waals surface area (Å²) in [5, 5.41) is 15.1. The van der Waals surface area contributed by atoms with Crippen LogP contribution in [0.5, 0.6) is 0 Å². The molecule has 0 spiro atoms. The molecular formula is C15H19Br2N3O. The largest absolute Gasteiger partial charge is 0.382 e. The van der Waals surface area contributed by atoms with Gasteiger partial charge in [0.05, 0.1) is 22.9 Å². The first-order valence-electron chi connectivity index (χ1n) is 6.70. The first kappa shape index (κ1) is 16.7. The molecule has 4 nitrogen and oxygen atoms in total. The third-order valence-electron chi connectivity index (χ3n) is 3.39. The molecule has 0 saturated heterocycles. The summed E-state index contributed by atoms with van der Waals surface area (Å²) in [6.45, 7) is 3.60. The lowest BCUT2D eigenvalue weighted by molar-refractivity contribution is 0.204. The van der Waals surface area contributed by atoms with E-state index in [0.717, 1.165) is 38.9 Å². The van der Waals surface area contributed by atoms with Gasteiger partial charge in [0.2, 0.25) is 0 Å². The molecule has 1 heterocycles. The highest BCUT2D eigenvalue weighted by Gasteiger charge is 2.21. The van der Waals surface area contributed by atoms with Gasteiger partial charge in [-0.3, -0.25) is 4.68 Å². The quantitative estimate of drug-likeness (QED) is 0.812. The van der Waals surface area contributed by atoms with E-state index in [2.05, 4.69) is 41.9 Å². The molecule has 1 N–H and O–H groups in total. The summed E-state index contributed by atoms with van der Waals surface area (Å²) in [5.74, 6) is 0. The van der Waals surface area contributed by atoms with E-state index in [0.29, 0.717) is 0 Å². The van der Waals surface area contributed by atoms with Crippen LogP contribution in [-0.4, -0.2) is 40.4 Å². The number of aliphatic hydroxyl groups excluding tert-OH is 1. The molecular weight excluding hydrogens is 398 g/mol. The summed E-state index contributed by atoms with van der Waals surface area (Å²) in [6.07, 6.45) is 1.03. The highest BCUT2D eigenvalue weighted by molar-refractivity contribution is 9.10. The van der Waals surface area contributed by atoms with Crippen molar-refractivity contribution in [3.8, 4) is 0 Å². The molecule has 0 fully saturated rings. The highest BCUT2D eigenvalue weighted by Crippen LogP contribution is 2.31. The first-order chi connectivity index (χ1) is 9.90. The van der Waals surface area contributed by atoms with Crippen LogP contribution in [0.4, 0.5) is 0 Å². The smallest absolute Gasteiger partial charge is 0.122 e. The molecule has 2 rings (SSSR count). The summed E-state index contributed by atoms with van der Waals surface area (Å²) < 4.78 is 3.64. The maximum absolute atomic E-state index is 10.8. The van der Waals surface area contributed by atoms with Gasteiger partial charge in [-0.15, -0.1) is 0 Å². The van der Waals surface area contributed by atoms with Crippen LogP contribution < -0.4 is 0 Å². The molecule has 0 saturated carbocycles. The van der Waals surface area contributed by atoms with Crippen LogP contribution in [0, 0.1) is 6.92 Å². The Hall–Kier alpha value is -0.690. The monoisotopic (exact) mass is 415 g/mol. The number of aromatic nitrogens is 2. The molecule has 1 aromatic carbocycles. The Balaban J connectivity index is 2.36. The second-order valence-electron chi connectivity index (χ2n) is 5.31. The number of aliphatic hydroxyl groups is 1. The van der Waals surface area contributed by atoms with Crippen LogP contribution in [0.15, 0.2) is 33.3 Å². The fourth-order valence-electron chi connectivity index (χ4n) is 2.17. The van der Waals surface area contributed by atoms with Gasteiger partial charge in [0, 0.05) is 11.0 Å². The lowest BCUT2D eigenvalue weighted by Gasteiger charge is -2.18. The fourth-order valence-corrected chi connectivity index (χ4v) is 3.06. The summed E-state index contributed by atoms with van der Waals surface area (Å²) >= 11 is 6.96. The first-order valence-corrected chi connectivity index (χ1v) is 8.28. The Bertz CT molecular complexity index is 625. The molecule has 0 aliphatic heterocycles. The summed E-state index contributed by atoms with van der Waals surface area (Å²) in [7, 11) is 4.04. The third kappa shape index (κ3) is 3.94. The van der Waals surface area contributed by atoms with Crippen molar-refractivity contribution < 1.29 is 5.11 Å². The van der Waals surface area contributed by atoms with E-state index >= 15 is 0 Å². The number of benzene rings is 1. The van der Waals surface area contributed by atoms with Gasteiger partial charge in [-0.1, -0.05) is 22.0 Å². The Labute approximate surface area is 142 Å². The summed E-state index contributed by atoms with van der Waals surface area (Å²) in [4.78, 5) is 2.09. The van der Waals surface area contributed by atoms with Gasteiger partial charge in [-0.05, 0) is 60.2 Å². The maximum Gasteiger partial charge on any atom is 0.122 e. The van der Waals surface area contributed by atoms with E-state index in [9.17, 15) is 5.11 Å². The van der Waals surface area contributed by atoms with E-state index in [1.54, 1.807) is 6.20 Å². The van der Waals surface area contributed by atoms with Crippen LogP contribution in [0.3, 0.4) is 0 Å². The SMILES string of the molecule is Cc1ccc(Br)cc1C(O)c1c(Br)cnn1CCN(C)C.